The number of nitrogens with two attached hydrogens (primary N) is 1. The molecular weight excluding hydrogens is 264 g/mol. The number of hydrogen-bond acceptors (Lipinski definition) is 3. The Balaban J connectivity index is 2.01. The number of nitrogens with one attached hydrogen (secondary N) is 1. The third-order valence-corrected chi connectivity index (χ3v) is 3.71. The summed E-state index contributed by atoms with van der Waals surface area (Å²) in [4.78, 5) is 14.4. The number of halogens is 2. The van der Waals surface area contributed by atoms with E-state index < -0.39 is 17.5 Å². The Morgan fingerprint density at radius 3 is 2.55 bits per heavy atom. The molecule has 0 aliphatic carbocycles. The van der Waals surface area contributed by atoms with Gasteiger partial charge >= 0.3 is 0 Å². The van der Waals surface area contributed by atoms with Crippen molar-refractivity contribution in [3.8, 4) is 0 Å². The molecule has 2 rings (SSSR count). The summed E-state index contributed by atoms with van der Waals surface area (Å²) in [6.07, 6.45) is 1.70. The standard InChI is InChI=1S/C14H19F2N3O/c1-2-19-5-3-9(4-6-19)18-14(20)10-7-11(15)12(16)8-13(10)17/h7-9H,2-6,17H2,1H3,(H,18,20). The molecule has 6 heteroatoms. The number of rotatable bonds is 3. The summed E-state index contributed by atoms with van der Waals surface area (Å²) in [6.45, 7) is 4.95. The molecule has 0 radical (unpaired) electrons. The lowest BCUT2D eigenvalue weighted by molar-refractivity contribution is 0.0913. The van der Waals surface area contributed by atoms with Crippen molar-refractivity contribution in [1.29, 1.82) is 0 Å². The Kier molecular flexibility index (Phi) is 4.54. The molecule has 1 fully saturated rings. The fraction of sp³-hybridized carbons (Fsp3) is 0.500. The van der Waals surface area contributed by atoms with E-state index in [4.69, 9.17) is 5.73 Å². The number of carbonyl (C=O) groups is 1. The minimum Gasteiger partial charge on any atom is -0.398 e. The average Bonchev–Trinajstić information content (AvgIpc) is 2.43. The number of carbonyl (C=O) groups excluding carboxylic acids is 1. The van der Waals surface area contributed by atoms with Crippen molar-refractivity contribution in [1.82, 2.24) is 10.2 Å². The Hall–Kier alpha value is -1.69. The van der Waals surface area contributed by atoms with Crippen LogP contribution in [0.1, 0.15) is 30.1 Å². The highest BCUT2D eigenvalue weighted by atomic mass is 19.2. The lowest BCUT2D eigenvalue weighted by Gasteiger charge is -2.31. The highest BCUT2D eigenvalue weighted by Gasteiger charge is 2.22. The van der Waals surface area contributed by atoms with Crippen molar-refractivity contribution in [2.45, 2.75) is 25.8 Å². The quantitative estimate of drug-likeness (QED) is 0.831. The number of piperidine rings is 1. The first kappa shape index (κ1) is 14.7. The second kappa shape index (κ2) is 6.17. The minimum absolute atomic E-state index is 0.0122. The van der Waals surface area contributed by atoms with Gasteiger partial charge in [0.05, 0.1) is 5.56 Å². The number of nitrogen functional groups attached to an aromatic ring is 1. The molecule has 0 saturated carbocycles. The van der Waals surface area contributed by atoms with E-state index in [2.05, 4.69) is 17.1 Å². The molecule has 1 saturated heterocycles. The first-order valence-electron chi connectivity index (χ1n) is 6.79. The predicted octanol–water partition coefficient (Wildman–Crippen LogP) is 1.76. The first-order chi connectivity index (χ1) is 9.51. The molecular formula is C14H19F2N3O. The highest BCUT2D eigenvalue weighted by Crippen LogP contribution is 2.18. The summed E-state index contributed by atoms with van der Waals surface area (Å²) in [5, 5.41) is 2.83. The number of likely N-dealkylation sites (tertiary alicyclic amines) is 1. The van der Waals surface area contributed by atoms with Crippen LogP contribution in [0.3, 0.4) is 0 Å². The maximum atomic E-state index is 13.2. The molecule has 1 heterocycles. The minimum atomic E-state index is -1.06. The van der Waals surface area contributed by atoms with Gasteiger partial charge < -0.3 is 16.0 Å². The second-order valence-corrected chi connectivity index (χ2v) is 5.04. The number of nitrogens with zero attached hydrogens (tertiary/aromatic N) is 1. The molecule has 0 aromatic heterocycles. The van der Waals surface area contributed by atoms with Crippen LogP contribution in [0.4, 0.5) is 14.5 Å². The van der Waals surface area contributed by atoms with Gasteiger partial charge in [0.1, 0.15) is 0 Å². The van der Waals surface area contributed by atoms with Crippen LogP contribution in [-0.2, 0) is 0 Å². The molecule has 1 aliphatic rings. The molecule has 1 amide bonds. The molecule has 3 N–H and O–H groups in total. The lowest BCUT2D eigenvalue weighted by atomic mass is 10.0. The Labute approximate surface area is 116 Å². The van der Waals surface area contributed by atoms with E-state index in [9.17, 15) is 13.6 Å². The molecule has 20 heavy (non-hydrogen) atoms. The van der Waals surface area contributed by atoms with Gasteiger partial charge in [-0.3, -0.25) is 4.79 Å². The van der Waals surface area contributed by atoms with Crippen LogP contribution >= 0.6 is 0 Å². The summed E-state index contributed by atoms with van der Waals surface area (Å²) in [6, 6.07) is 1.74. The van der Waals surface area contributed by atoms with Crippen LogP contribution in [0.5, 0.6) is 0 Å². The van der Waals surface area contributed by atoms with Crippen molar-refractivity contribution in [2.75, 3.05) is 25.4 Å². The van der Waals surface area contributed by atoms with E-state index >= 15 is 0 Å². The maximum Gasteiger partial charge on any atom is 0.253 e. The van der Waals surface area contributed by atoms with E-state index in [1.54, 1.807) is 0 Å². The zero-order chi connectivity index (χ0) is 14.7. The monoisotopic (exact) mass is 283 g/mol. The van der Waals surface area contributed by atoms with Gasteiger partial charge in [0.25, 0.3) is 5.91 Å². The van der Waals surface area contributed by atoms with Crippen molar-refractivity contribution in [3.63, 3.8) is 0 Å². The van der Waals surface area contributed by atoms with Gasteiger partial charge in [-0.05, 0) is 25.5 Å². The van der Waals surface area contributed by atoms with E-state index in [1.165, 1.54) is 0 Å². The molecule has 1 aromatic carbocycles. The van der Waals surface area contributed by atoms with Crippen molar-refractivity contribution in [3.05, 3.63) is 29.3 Å². The van der Waals surface area contributed by atoms with Crippen LogP contribution in [0.2, 0.25) is 0 Å². The summed E-state index contributed by atoms with van der Waals surface area (Å²) in [7, 11) is 0. The Morgan fingerprint density at radius 2 is 1.95 bits per heavy atom. The van der Waals surface area contributed by atoms with E-state index in [0.29, 0.717) is 0 Å². The zero-order valence-electron chi connectivity index (χ0n) is 11.5. The molecule has 0 bridgehead atoms. The van der Waals surface area contributed by atoms with Crippen molar-refractivity contribution < 1.29 is 13.6 Å². The third-order valence-electron chi connectivity index (χ3n) is 3.71. The Morgan fingerprint density at radius 1 is 1.35 bits per heavy atom. The molecule has 0 spiro atoms. The van der Waals surface area contributed by atoms with Crippen LogP contribution in [0.25, 0.3) is 0 Å². The topological polar surface area (TPSA) is 58.4 Å². The van der Waals surface area contributed by atoms with E-state index in [-0.39, 0.29) is 17.3 Å². The summed E-state index contributed by atoms with van der Waals surface area (Å²) in [5.41, 5.74) is 5.50. The van der Waals surface area contributed by atoms with Crippen molar-refractivity contribution in [2.24, 2.45) is 0 Å². The predicted molar refractivity (Wildman–Crippen MR) is 73.4 cm³/mol. The number of hydrogen-bond donors (Lipinski definition) is 2. The normalized spacial score (nSPS) is 17.1. The van der Waals surface area contributed by atoms with Gasteiger partial charge in [0.2, 0.25) is 0 Å². The number of anilines is 1. The van der Waals surface area contributed by atoms with Crippen LogP contribution in [0, 0.1) is 11.6 Å². The SMILES string of the molecule is CCN1CCC(NC(=O)c2cc(F)c(F)cc2N)CC1. The van der Waals surface area contributed by atoms with Gasteiger partial charge in [-0.2, -0.15) is 0 Å². The fourth-order valence-corrected chi connectivity index (χ4v) is 2.42. The molecule has 110 valence electrons. The number of benzene rings is 1. The van der Waals surface area contributed by atoms with Gasteiger partial charge in [0.15, 0.2) is 11.6 Å². The highest BCUT2D eigenvalue weighted by molar-refractivity contribution is 5.99. The maximum absolute atomic E-state index is 13.2. The van der Waals surface area contributed by atoms with Crippen LogP contribution < -0.4 is 11.1 Å². The van der Waals surface area contributed by atoms with Gasteiger partial charge in [-0.15, -0.1) is 0 Å². The molecule has 1 aromatic rings. The molecule has 0 atom stereocenters. The first-order valence-corrected chi connectivity index (χ1v) is 6.79. The van der Waals surface area contributed by atoms with Gasteiger partial charge in [-0.25, -0.2) is 8.78 Å². The fourth-order valence-electron chi connectivity index (χ4n) is 2.42. The van der Waals surface area contributed by atoms with Gasteiger partial charge in [0, 0.05) is 30.9 Å². The number of amides is 1. The lowest BCUT2D eigenvalue weighted by Crippen LogP contribution is -2.44. The molecule has 4 nitrogen and oxygen atoms in total. The Bertz CT molecular complexity index is 499. The zero-order valence-corrected chi connectivity index (χ0v) is 11.5. The van der Waals surface area contributed by atoms with Crippen LogP contribution in [0.15, 0.2) is 12.1 Å². The van der Waals surface area contributed by atoms with Crippen molar-refractivity contribution >= 4 is 11.6 Å². The summed E-state index contributed by atoms with van der Waals surface area (Å²) < 4.78 is 26.1. The largest absolute Gasteiger partial charge is 0.398 e. The van der Waals surface area contributed by atoms with E-state index in [0.717, 1.165) is 44.6 Å². The summed E-state index contributed by atoms with van der Waals surface area (Å²) >= 11 is 0. The van der Waals surface area contributed by atoms with Crippen LogP contribution in [-0.4, -0.2) is 36.5 Å². The summed E-state index contributed by atoms with van der Waals surface area (Å²) in [5.74, 6) is -2.56. The smallest absolute Gasteiger partial charge is 0.253 e. The second-order valence-electron chi connectivity index (χ2n) is 5.04. The third kappa shape index (κ3) is 3.25. The van der Waals surface area contributed by atoms with Gasteiger partial charge in [-0.1, -0.05) is 6.92 Å². The molecule has 1 aliphatic heterocycles. The van der Waals surface area contributed by atoms with E-state index in [1.807, 2.05) is 0 Å². The average molecular weight is 283 g/mol. The molecule has 0 unspecified atom stereocenters.